The Morgan fingerprint density at radius 2 is 1.84 bits per heavy atom. The largest absolute Gasteiger partial charge is 0.294 e. The van der Waals surface area contributed by atoms with Gasteiger partial charge in [0.15, 0.2) is 0 Å². The molecule has 0 radical (unpaired) electrons. The molecule has 2 aliphatic rings. The Labute approximate surface area is 146 Å². The zero-order valence-electron chi connectivity index (χ0n) is 14.5. The van der Waals surface area contributed by atoms with Crippen LogP contribution >= 0.6 is 0 Å². The van der Waals surface area contributed by atoms with E-state index in [0.29, 0.717) is 12.0 Å². The average Bonchev–Trinajstić information content (AvgIpc) is 3.40. The van der Waals surface area contributed by atoms with Crippen molar-refractivity contribution in [2.24, 2.45) is 0 Å². The fourth-order valence-electron chi connectivity index (χ4n) is 4.02. The molecule has 6 heteroatoms. The van der Waals surface area contributed by atoms with E-state index in [2.05, 4.69) is 15.5 Å². The fourth-order valence-corrected chi connectivity index (χ4v) is 4.02. The summed E-state index contributed by atoms with van der Waals surface area (Å²) in [7, 11) is 0. The summed E-state index contributed by atoms with van der Waals surface area (Å²) in [5.74, 6) is 1.04. The lowest BCUT2D eigenvalue weighted by molar-refractivity contribution is -0.122. The number of hydrogen-bond donors (Lipinski definition) is 1. The van der Waals surface area contributed by atoms with E-state index in [-0.39, 0.29) is 11.7 Å². The van der Waals surface area contributed by atoms with Crippen molar-refractivity contribution in [2.75, 3.05) is 5.32 Å². The van der Waals surface area contributed by atoms with Crippen molar-refractivity contribution in [3.8, 4) is 0 Å². The Morgan fingerprint density at radius 1 is 1.16 bits per heavy atom. The minimum Gasteiger partial charge on any atom is -0.294 e. The second-order valence-electron chi connectivity index (χ2n) is 7.28. The molecule has 1 amide bonds. The van der Waals surface area contributed by atoms with Crippen LogP contribution in [0.1, 0.15) is 62.4 Å². The van der Waals surface area contributed by atoms with Crippen LogP contribution < -0.4 is 5.32 Å². The van der Waals surface area contributed by atoms with E-state index in [1.807, 2.05) is 11.5 Å². The Kier molecular flexibility index (Phi) is 4.06. The molecule has 25 heavy (non-hydrogen) atoms. The Bertz CT molecular complexity index is 773. The Hall–Kier alpha value is -2.24. The van der Waals surface area contributed by atoms with Crippen LogP contribution in [0.3, 0.4) is 0 Å². The molecule has 5 nitrogen and oxygen atoms in total. The molecule has 4 rings (SSSR count). The topological polar surface area (TPSA) is 59.8 Å². The van der Waals surface area contributed by atoms with Gasteiger partial charge in [-0.25, -0.2) is 4.39 Å². The molecule has 0 atom stereocenters. The molecule has 132 valence electrons. The van der Waals surface area contributed by atoms with Crippen LogP contribution in [0.15, 0.2) is 24.3 Å². The van der Waals surface area contributed by atoms with Crippen LogP contribution in [0.5, 0.6) is 0 Å². The first kappa shape index (κ1) is 16.2. The van der Waals surface area contributed by atoms with E-state index < -0.39 is 5.41 Å². The van der Waals surface area contributed by atoms with E-state index in [4.69, 9.17) is 0 Å². The number of anilines is 1. The first-order valence-electron chi connectivity index (χ1n) is 9.09. The minimum atomic E-state index is -0.611. The summed E-state index contributed by atoms with van der Waals surface area (Å²) in [6.45, 7) is 1.91. The number of aromatic nitrogens is 3. The van der Waals surface area contributed by atoms with E-state index >= 15 is 0 Å². The molecule has 2 aliphatic carbocycles. The maximum atomic E-state index is 13.4. The molecular weight excluding hydrogens is 319 g/mol. The van der Waals surface area contributed by atoms with E-state index in [1.54, 1.807) is 12.1 Å². The molecule has 1 aromatic carbocycles. The van der Waals surface area contributed by atoms with Crippen LogP contribution in [-0.2, 0) is 10.2 Å². The Balaban J connectivity index is 1.65. The third-order valence-electron chi connectivity index (χ3n) is 5.54. The number of nitrogens with one attached hydrogen (secondary N) is 1. The van der Waals surface area contributed by atoms with Gasteiger partial charge in [-0.3, -0.25) is 14.7 Å². The van der Waals surface area contributed by atoms with Crippen molar-refractivity contribution >= 4 is 11.9 Å². The first-order chi connectivity index (χ1) is 12.1. The zero-order chi connectivity index (χ0) is 17.4. The van der Waals surface area contributed by atoms with Gasteiger partial charge in [-0.2, -0.15) is 0 Å². The molecule has 0 spiro atoms. The van der Waals surface area contributed by atoms with Gasteiger partial charge in [0.05, 0.1) is 5.41 Å². The summed E-state index contributed by atoms with van der Waals surface area (Å²) in [5, 5.41) is 11.3. The SMILES string of the molecule is Cc1nnc(NC(=O)C2(c3ccc(F)cc3)CCCCC2)n1C1CC1. The quantitative estimate of drug-likeness (QED) is 0.917. The van der Waals surface area contributed by atoms with Crippen molar-refractivity contribution in [3.05, 3.63) is 41.5 Å². The minimum absolute atomic E-state index is 0.0480. The van der Waals surface area contributed by atoms with Gasteiger partial charge in [0.1, 0.15) is 11.6 Å². The number of rotatable bonds is 4. The first-order valence-corrected chi connectivity index (χ1v) is 9.09. The lowest BCUT2D eigenvalue weighted by Gasteiger charge is -2.36. The maximum absolute atomic E-state index is 13.4. The van der Waals surface area contributed by atoms with Gasteiger partial charge in [0, 0.05) is 6.04 Å². The van der Waals surface area contributed by atoms with Gasteiger partial charge in [-0.15, -0.1) is 10.2 Å². The maximum Gasteiger partial charge on any atom is 0.237 e. The van der Waals surface area contributed by atoms with Crippen molar-refractivity contribution in [1.29, 1.82) is 0 Å². The molecule has 1 aromatic heterocycles. The van der Waals surface area contributed by atoms with Crippen LogP contribution in [0, 0.1) is 12.7 Å². The van der Waals surface area contributed by atoms with Crippen LogP contribution in [-0.4, -0.2) is 20.7 Å². The summed E-state index contributed by atoms with van der Waals surface area (Å²) in [6.07, 6.45) is 6.89. The number of carbonyl (C=O) groups is 1. The summed E-state index contributed by atoms with van der Waals surface area (Å²) >= 11 is 0. The molecule has 2 saturated carbocycles. The normalized spacial score (nSPS) is 19.6. The number of benzene rings is 1. The summed E-state index contributed by atoms with van der Waals surface area (Å²) in [6, 6.07) is 6.78. The van der Waals surface area contributed by atoms with E-state index in [9.17, 15) is 9.18 Å². The highest BCUT2D eigenvalue weighted by atomic mass is 19.1. The predicted octanol–water partition coefficient (Wildman–Crippen LogP) is 3.90. The number of halogens is 1. The number of carbonyl (C=O) groups excluding carboxylic acids is 1. The molecule has 0 unspecified atom stereocenters. The second-order valence-corrected chi connectivity index (χ2v) is 7.28. The van der Waals surface area contributed by atoms with Gasteiger partial charge in [-0.1, -0.05) is 31.4 Å². The third kappa shape index (κ3) is 2.94. The van der Waals surface area contributed by atoms with Crippen molar-refractivity contribution in [2.45, 2.75) is 63.3 Å². The smallest absolute Gasteiger partial charge is 0.237 e. The lowest BCUT2D eigenvalue weighted by Crippen LogP contribution is -2.42. The number of nitrogens with zero attached hydrogens (tertiary/aromatic N) is 3. The van der Waals surface area contributed by atoms with Crippen molar-refractivity contribution < 1.29 is 9.18 Å². The number of aryl methyl sites for hydroxylation is 1. The third-order valence-corrected chi connectivity index (χ3v) is 5.54. The molecule has 1 N–H and O–H groups in total. The summed E-state index contributed by atoms with van der Waals surface area (Å²) in [5.41, 5.74) is 0.278. The lowest BCUT2D eigenvalue weighted by atomic mass is 9.68. The standard InChI is InChI=1S/C19H23FN4O/c1-13-22-23-18(24(13)16-9-10-16)21-17(25)19(11-3-2-4-12-19)14-5-7-15(20)8-6-14/h5-8,16H,2-4,9-12H2,1H3,(H,21,23,25). The van der Waals surface area contributed by atoms with Gasteiger partial charge >= 0.3 is 0 Å². The summed E-state index contributed by atoms with van der Waals surface area (Å²) in [4.78, 5) is 13.3. The molecule has 1 heterocycles. The van der Waals surface area contributed by atoms with Gasteiger partial charge in [-0.05, 0) is 50.3 Å². The molecule has 2 aromatic rings. The molecular formula is C19H23FN4O. The monoisotopic (exact) mass is 342 g/mol. The molecule has 2 fully saturated rings. The zero-order valence-corrected chi connectivity index (χ0v) is 14.5. The van der Waals surface area contributed by atoms with Gasteiger partial charge in [0.2, 0.25) is 11.9 Å². The highest BCUT2D eigenvalue weighted by Gasteiger charge is 2.42. The Morgan fingerprint density at radius 3 is 2.48 bits per heavy atom. The van der Waals surface area contributed by atoms with Gasteiger partial charge < -0.3 is 0 Å². The molecule has 0 saturated heterocycles. The van der Waals surface area contributed by atoms with Crippen molar-refractivity contribution in [3.63, 3.8) is 0 Å². The van der Waals surface area contributed by atoms with E-state index in [0.717, 1.165) is 56.3 Å². The van der Waals surface area contributed by atoms with Crippen LogP contribution in [0.25, 0.3) is 0 Å². The van der Waals surface area contributed by atoms with Crippen molar-refractivity contribution in [1.82, 2.24) is 14.8 Å². The number of amides is 1. The fraction of sp³-hybridized carbons (Fsp3) is 0.526. The number of hydrogen-bond acceptors (Lipinski definition) is 3. The van der Waals surface area contributed by atoms with Crippen LogP contribution in [0.4, 0.5) is 10.3 Å². The summed E-state index contributed by atoms with van der Waals surface area (Å²) < 4.78 is 15.4. The predicted molar refractivity (Wildman–Crippen MR) is 92.8 cm³/mol. The highest BCUT2D eigenvalue weighted by molar-refractivity contribution is 5.98. The van der Waals surface area contributed by atoms with Gasteiger partial charge in [0.25, 0.3) is 0 Å². The average molecular weight is 342 g/mol. The van der Waals surface area contributed by atoms with E-state index in [1.165, 1.54) is 12.1 Å². The molecule has 0 bridgehead atoms. The second kappa shape index (κ2) is 6.24. The highest BCUT2D eigenvalue weighted by Crippen LogP contribution is 2.42. The molecule has 0 aliphatic heterocycles. The van der Waals surface area contributed by atoms with Crippen LogP contribution in [0.2, 0.25) is 0 Å².